The number of unbranched alkanes of at least 4 members (excludes halogenated alkanes) is 1. The molecule has 1 atom stereocenters. The third-order valence-electron chi connectivity index (χ3n) is 3.98. The Hall–Kier alpha value is -2.80. The van der Waals surface area contributed by atoms with E-state index in [1.807, 2.05) is 31.2 Å². The van der Waals surface area contributed by atoms with Crippen LogP contribution in [0.15, 0.2) is 53.4 Å². The number of anilines is 2. The Kier molecular flexibility index (Phi) is 8.07. The molecule has 2 aromatic rings. The minimum absolute atomic E-state index is 0.00363. The van der Waals surface area contributed by atoms with E-state index in [2.05, 4.69) is 10.6 Å². The van der Waals surface area contributed by atoms with Crippen molar-refractivity contribution >= 4 is 40.9 Å². The fraction of sp³-hybridized carbons (Fsp3) is 0.286. The van der Waals surface area contributed by atoms with Gasteiger partial charge in [0.1, 0.15) is 0 Å². The van der Waals surface area contributed by atoms with E-state index < -0.39 is 5.97 Å². The van der Waals surface area contributed by atoms with E-state index in [1.165, 1.54) is 23.9 Å². The first-order chi connectivity index (χ1) is 13.4. The number of hydrogen-bond donors (Lipinski definition) is 3. The number of carbonyl (C=O) groups is 3. The average molecular weight is 401 g/mol. The van der Waals surface area contributed by atoms with Crippen molar-refractivity contribution in [3.63, 3.8) is 0 Å². The molecule has 6 nitrogen and oxygen atoms in total. The van der Waals surface area contributed by atoms with Crippen LogP contribution in [0.5, 0.6) is 0 Å². The minimum Gasteiger partial charge on any atom is -0.478 e. The number of carboxylic acids is 1. The monoisotopic (exact) mass is 400 g/mol. The Morgan fingerprint density at radius 3 is 2.11 bits per heavy atom. The lowest BCUT2D eigenvalue weighted by atomic mass is 10.2. The normalized spacial score (nSPS) is 11.5. The van der Waals surface area contributed by atoms with E-state index in [1.54, 1.807) is 19.1 Å². The molecule has 0 aliphatic carbocycles. The van der Waals surface area contributed by atoms with Gasteiger partial charge in [0.2, 0.25) is 11.8 Å². The van der Waals surface area contributed by atoms with Gasteiger partial charge >= 0.3 is 5.97 Å². The van der Waals surface area contributed by atoms with Crippen molar-refractivity contribution in [3.05, 3.63) is 54.1 Å². The number of hydrogen-bond acceptors (Lipinski definition) is 4. The average Bonchev–Trinajstić information content (AvgIpc) is 2.68. The first-order valence-corrected chi connectivity index (χ1v) is 9.97. The van der Waals surface area contributed by atoms with Gasteiger partial charge in [0.05, 0.1) is 10.8 Å². The van der Waals surface area contributed by atoms with Crippen LogP contribution in [0.3, 0.4) is 0 Å². The molecule has 7 heteroatoms. The minimum atomic E-state index is -1.01. The lowest BCUT2D eigenvalue weighted by Gasteiger charge is -2.13. The summed E-state index contributed by atoms with van der Waals surface area (Å²) in [6.07, 6.45) is 2.36. The van der Waals surface area contributed by atoms with Crippen LogP contribution in [0, 0.1) is 0 Å². The quantitative estimate of drug-likeness (QED) is 0.533. The van der Waals surface area contributed by atoms with E-state index in [0.717, 1.165) is 23.4 Å². The number of carboxylic acid groups (broad SMARTS) is 1. The lowest BCUT2D eigenvalue weighted by molar-refractivity contribution is -0.116. The molecule has 1 unspecified atom stereocenters. The van der Waals surface area contributed by atoms with E-state index in [-0.39, 0.29) is 22.6 Å². The van der Waals surface area contributed by atoms with Gasteiger partial charge in [-0.1, -0.05) is 13.3 Å². The highest BCUT2D eigenvalue weighted by Gasteiger charge is 2.15. The van der Waals surface area contributed by atoms with Crippen molar-refractivity contribution in [2.75, 3.05) is 10.6 Å². The Balaban J connectivity index is 1.87. The van der Waals surface area contributed by atoms with Crippen LogP contribution in [0.1, 0.15) is 43.5 Å². The molecule has 28 heavy (non-hydrogen) atoms. The van der Waals surface area contributed by atoms with Gasteiger partial charge in [0.15, 0.2) is 0 Å². The number of thioether (sulfide) groups is 1. The maximum Gasteiger partial charge on any atom is 0.335 e. The molecule has 3 N–H and O–H groups in total. The summed E-state index contributed by atoms with van der Waals surface area (Å²) in [6.45, 7) is 3.84. The molecule has 0 bridgehead atoms. The number of nitrogens with one attached hydrogen (secondary N) is 2. The molecule has 0 aromatic heterocycles. The Labute approximate surface area is 168 Å². The summed E-state index contributed by atoms with van der Waals surface area (Å²) in [5.74, 6) is -1.18. The highest BCUT2D eigenvalue weighted by atomic mass is 32.2. The Bertz CT molecular complexity index is 819. The molecule has 2 rings (SSSR count). The summed E-state index contributed by atoms with van der Waals surface area (Å²) in [6, 6.07) is 13.4. The van der Waals surface area contributed by atoms with Crippen LogP contribution in [-0.4, -0.2) is 28.1 Å². The molecule has 2 amide bonds. The topological polar surface area (TPSA) is 95.5 Å². The van der Waals surface area contributed by atoms with E-state index in [9.17, 15) is 14.4 Å². The largest absolute Gasteiger partial charge is 0.478 e. The van der Waals surface area contributed by atoms with Crippen LogP contribution >= 0.6 is 11.8 Å². The molecule has 0 spiro atoms. The SMILES string of the molecule is CCCCC(=O)Nc1ccc(SC(C)C(=O)Nc2ccc(C(=O)O)cc2)cc1. The number of carbonyl (C=O) groups excluding carboxylic acids is 2. The molecule has 2 aromatic carbocycles. The van der Waals surface area contributed by atoms with Crippen molar-refractivity contribution in [1.29, 1.82) is 0 Å². The molecule has 0 radical (unpaired) electrons. The van der Waals surface area contributed by atoms with E-state index >= 15 is 0 Å². The smallest absolute Gasteiger partial charge is 0.335 e. The van der Waals surface area contributed by atoms with Gasteiger partial charge < -0.3 is 15.7 Å². The molecule has 0 saturated carbocycles. The molecule has 0 aliphatic heterocycles. The van der Waals surface area contributed by atoms with Gasteiger partial charge in [-0.15, -0.1) is 11.8 Å². The summed E-state index contributed by atoms with van der Waals surface area (Å²) in [7, 11) is 0. The van der Waals surface area contributed by atoms with Crippen molar-refractivity contribution < 1.29 is 19.5 Å². The van der Waals surface area contributed by atoms with Gasteiger partial charge in [0.25, 0.3) is 0 Å². The highest BCUT2D eigenvalue weighted by molar-refractivity contribution is 8.00. The zero-order valence-corrected chi connectivity index (χ0v) is 16.7. The van der Waals surface area contributed by atoms with Crippen LogP contribution in [-0.2, 0) is 9.59 Å². The van der Waals surface area contributed by atoms with Crippen molar-refractivity contribution in [3.8, 4) is 0 Å². The van der Waals surface area contributed by atoms with E-state index in [0.29, 0.717) is 12.1 Å². The molecular weight excluding hydrogens is 376 g/mol. The van der Waals surface area contributed by atoms with Gasteiger partial charge in [0, 0.05) is 22.7 Å². The van der Waals surface area contributed by atoms with Gasteiger partial charge in [-0.2, -0.15) is 0 Å². The van der Waals surface area contributed by atoms with Gasteiger partial charge in [-0.05, 0) is 61.9 Å². The second-order valence-electron chi connectivity index (χ2n) is 6.31. The van der Waals surface area contributed by atoms with Crippen molar-refractivity contribution in [1.82, 2.24) is 0 Å². The fourth-order valence-electron chi connectivity index (χ4n) is 2.38. The van der Waals surface area contributed by atoms with Crippen LogP contribution in [0.25, 0.3) is 0 Å². The molecule has 148 valence electrons. The Morgan fingerprint density at radius 2 is 1.54 bits per heavy atom. The summed E-state index contributed by atoms with van der Waals surface area (Å²) in [4.78, 5) is 35.9. The van der Waals surface area contributed by atoms with E-state index in [4.69, 9.17) is 5.11 Å². The highest BCUT2D eigenvalue weighted by Crippen LogP contribution is 2.26. The predicted molar refractivity (Wildman–Crippen MR) is 112 cm³/mol. The number of aromatic carboxylic acids is 1. The van der Waals surface area contributed by atoms with Crippen LogP contribution in [0.2, 0.25) is 0 Å². The maximum atomic E-state index is 12.3. The van der Waals surface area contributed by atoms with Crippen LogP contribution in [0.4, 0.5) is 11.4 Å². The zero-order valence-electron chi connectivity index (χ0n) is 15.9. The molecule has 0 aliphatic rings. The molecule has 0 saturated heterocycles. The first-order valence-electron chi connectivity index (χ1n) is 9.10. The fourth-order valence-corrected chi connectivity index (χ4v) is 3.24. The second kappa shape index (κ2) is 10.5. The standard InChI is InChI=1S/C21H24N2O4S/c1-3-4-5-19(24)22-16-10-12-18(13-11-16)28-14(2)20(25)23-17-8-6-15(7-9-17)21(26)27/h6-14H,3-5H2,1-2H3,(H,22,24)(H,23,25)(H,26,27). The number of amides is 2. The van der Waals surface area contributed by atoms with Crippen molar-refractivity contribution in [2.24, 2.45) is 0 Å². The zero-order chi connectivity index (χ0) is 20.5. The Morgan fingerprint density at radius 1 is 0.964 bits per heavy atom. The number of benzene rings is 2. The van der Waals surface area contributed by atoms with Gasteiger partial charge in [-0.3, -0.25) is 9.59 Å². The van der Waals surface area contributed by atoms with Crippen LogP contribution < -0.4 is 10.6 Å². The van der Waals surface area contributed by atoms with Gasteiger partial charge in [-0.25, -0.2) is 4.79 Å². The van der Waals surface area contributed by atoms with Crippen molar-refractivity contribution in [2.45, 2.75) is 43.3 Å². The summed E-state index contributed by atoms with van der Waals surface area (Å²) >= 11 is 1.40. The summed E-state index contributed by atoms with van der Waals surface area (Å²) in [5.41, 5.74) is 1.45. The lowest BCUT2D eigenvalue weighted by Crippen LogP contribution is -2.22. The third-order valence-corrected chi connectivity index (χ3v) is 5.09. The molecular formula is C21H24N2O4S. The summed E-state index contributed by atoms with van der Waals surface area (Å²) < 4.78 is 0. The molecule has 0 heterocycles. The second-order valence-corrected chi connectivity index (χ2v) is 7.72. The predicted octanol–water partition coefficient (Wildman–Crippen LogP) is 4.63. The third kappa shape index (κ3) is 6.74. The summed E-state index contributed by atoms with van der Waals surface area (Å²) in [5, 5.41) is 14.2. The maximum absolute atomic E-state index is 12.3. The first kappa shape index (κ1) is 21.5. The number of rotatable bonds is 9. The molecule has 0 fully saturated rings.